The molecule has 0 saturated carbocycles. The molecule has 122 valence electrons. The molecule has 0 spiro atoms. The zero-order chi connectivity index (χ0) is 16.5. The minimum atomic E-state index is -0.259. The van der Waals surface area contributed by atoms with Crippen molar-refractivity contribution in [3.05, 3.63) is 42.7 Å². The second kappa shape index (κ2) is 6.13. The fourth-order valence-corrected chi connectivity index (χ4v) is 3.05. The van der Waals surface area contributed by atoms with Gasteiger partial charge in [0.1, 0.15) is 6.10 Å². The van der Waals surface area contributed by atoms with Crippen LogP contribution in [0.1, 0.15) is 18.5 Å². The van der Waals surface area contributed by atoms with Crippen LogP contribution >= 0.6 is 0 Å². The van der Waals surface area contributed by atoms with E-state index in [1.54, 1.807) is 24.9 Å². The van der Waals surface area contributed by atoms with Gasteiger partial charge in [-0.25, -0.2) is 4.98 Å². The summed E-state index contributed by atoms with van der Waals surface area (Å²) in [7, 11) is 1.94. The second-order valence-electron chi connectivity index (χ2n) is 6.13. The van der Waals surface area contributed by atoms with Gasteiger partial charge in [0.25, 0.3) is 0 Å². The summed E-state index contributed by atoms with van der Waals surface area (Å²) in [6.45, 7) is 0.682. The summed E-state index contributed by atoms with van der Waals surface area (Å²) >= 11 is 0. The molecule has 0 radical (unpaired) electrons. The number of ether oxygens (including phenoxy) is 1. The van der Waals surface area contributed by atoms with Crippen molar-refractivity contribution < 1.29 is 9.53 Å². The Hall–Kier alpha value is -2.60. The molecular formula is C18H18N4O2. The van der Waals surface area contributed by atoms with Crippen LogP contribution < -0.4 is 0 Å². The largest absolute Gasteiger partial charge is 0.370 e. The van der Waals surface area contributed by atoms with Crippen LogP contribution in [0.2, 0.25) is 0 Å². The topological polar surface area (TPSA) is 69.9 Å². The van der Waals surface area contributed by atoms with Gasteiger partial charge in [-0.05, 0) is 30.4 Å². The lowest BCUT2D eigenvalue weighted by Gasteiger charge is -2.08. The predicted octanol–water partition coefficient (Wildman–Crippen LogP) is 2.32. The van der Waals surface area contributed by atoms with Crippen LogP contribution in [0.3, 0.4) is 0 Å². The molecule has 0 bridgehead atoms. The van der Waals surface area contributed by atoms with Crippen molar-refractivity contribution in [2.75, 3.05) is 6.61 Å². The summed E-state index contributed by atoms with van der Waals surface area (Å²) in [6.07, 6.45) is 8.94. The maximum Gasteiger partial charge on any atom is 0.167 e. The third-order valence-corrected chi connectivity index (χ3v) is 4.38. The lowest BCUT2D eigenvalue weighted by atomic mass is 10.1. The number of carbonyl (C=O) groups excluding carboxylic acids is 1. The summed E-state index contributed by atoms with van der Waals surface area (Å²) in [5.41, 5.74) is 2.57. The minimum Gasteiger partial charge on any atom is -0.370 e. The van der Waals surface area contributed by atoms with Crippen molar-refractivity contribution in [2.45, 2.75) is 25.4 Å². The highest BCUT2D eigenvalue weighted by Gasteiger charge is 2.23. The Labute approximate surface area is 139 Å². The summed E-state index contributed by atoms with van der Waals surface area (Å²) in [5, 5.41) is 1.97. The summed E-state index contributed by atoms with van der Waals surface area (Å²) in [6, 6.07) is 3.97. The third kappa shape index (κ3) is 2.80. The third-order valence-electron chi connectivity index (χ3n) is 4.38. The van der Waals surface area contributed by atoms with E-state index in [-0.39, 0.29) is 11.9 Å². The number of rotatable bonds is 4. The molecule has 1 fully saturated rings. The van der Waals surface area contributed by atoms with Gasteiger partial charge < -0.3 is 9.30 Å². The molecule has 6 nitrogen and oxygen atoms in total. The number of imidazole rings is 1. The number of carbonyl (C=O) groups is 1. The number of Topliss-reactive ketones (excluding diaryl/α,β-unsaturated/α-hetero) is 1. The van der Waals surface area contributed by atoms with E-state index in [1.165, 1.54) is 0 Å². The molecule has 4 heterocycles. The van der Waals surface area contributed by atoms with Crippen molar-refractivity contribution in [1.82, 2.24) is 19.5 Å². The number of aromatic nitrogens is 4. The Morgan fingerprint density at radius 2 is 2.12 bits per heavy atom. The van der Waals surface area contributed by atoms with Crippen LogP contribution in [0.5, 0.6) is 0 Å². The number of fused-ring (bicyclic) bond motifs is 1. The number of pyridine rings is 2. The molecule has 0 aromatic carbocycles. The molecular weight excluding hydrogens is 304 g/mol. The van der Waals surface area contributed by atoms with Crippen LogP contribution in [0.15, 0.2) is 37.1 Å². The van der Waals surface area contributed by atoms with Gasteiger partial charge in [0.05, 0.1) is 30.3 Å². The fourth-order valence-electron chi connectivity index (χ4n) is 3.05. The zero-order valence-corrected chi connectivity index (χ0v) is 13.5. The minimum absolute atomic E-state index is 0.111. The Balaban J connectivity index is 1.64. The first-order chi connectivity index (χ1) is 11.7. The lowest BCUT2D eigenvalue weighted by molar-refractivity contribution is -0.127. The van der Waals surface area contributed by atoms with Crippen LogP contribution in [-0.4, -0.2) is 38.0 Å². The average Bonchev–Trinajstić information content (AvgIpc) is 3.25. The molecule has 1 aliphatic rings. The first-order valence-corrected chi connectivity index (χ1v) is 8.06. The van der Waals surface area contributed by atoms with Gasteiger partial charge in [-0.3, -0.25) is 14.8 Å². The first-order valence-electron chi connectivity index (χ1n) is 8.06. The van der Waals surface area contributed by atoms with E-state index in [0.717, 1.165) is 40.7 Å². The maximum atomic E-state index is 12.3. The Morgan fingerprint density at radius 1 is 1.25 bits per heavy atom. The lowest BCUT2D eigenvalue weighted by Crippen LogP contribution is -2.21. The number of aryl methyl sites for hydroxylation is 1. The number of nitrogens with zero attached hydrogens (tertiary/aromatic N) is 4. The summed E-state index contributed by atoms with van der Waals surface area (Å²) < 4.78 is 7.39. The van der Waals surface area contributed by atoms with Gasteiger partial charge in [0.2, 0.25) is 0 Å². The Bertz CT molecular complexity index is 897. The molecule has 1 atom stereocenters. The zero-order valence-electron chi connectivity index (χ0n) is 13.5. The number of hydrogen-bond acceptors (Lipinski definition) is 5. The SMILES string of the molecule is Cn1cncc1-c1cc2cc(CC(=O)[C@H]3CCCO3)ncc2cn1. The standard InChI is InChI=1S/C18H18N4O2/c1-22-11-19-10-16(22)15-6-12-5-14(20-8-13(12)9-21-15)7-17(23)18-3-2-4-24-18/h5-6,8-11,18H,2-4,7H2,1H3/t18-/m1/s1. The fraction of sp³-hybridized carbons (Fsp3) is 0.333. The molecule has 4 rings (SSSR count). The predicted molar refractivity (Wildman–Crippen MR) is 89.4 cm³/mol. The first kappa shape index (κ1) is 15.0. The second-order valence-corrected chi connectivity index (χ2v) is 6.13. The highest BCUT2D eigenvalue weighted by atomic mass is 16.5. The summed E-state index contributed by atoms with van der Waals surface area (Å²) in [4.78, 5) is 25.3. The van der Waals surface area contributed by atoms with Crippen molar-refractivity contribution >= 4 is 16.6 Å². The highest BCUT2D eigenvalue weighted by molar-refractivity contribution is 5.88. The van der Waals surface area contributed by atoms with Gasteiger partial charge in [-0.2, -0.15) is 0 Å². The van der Waals surface area contributed by atoms with Gasteiger partial charge in [-0.15, -0.1) is 0 Å². The quantitative estimate of drug-likeness (QED) is 0.737. The molecule has 1 aliphatic heterocycles. The van der Waals surface area contributed by atoms with E-state index in [2.05, 4.69) is 15.0 Å². The van der Waals surface area contributed by atoms with Crippen molar-refractivity contribution in [3.63, 3.8) is 0 Å². The smallest absolute Gasteiger partial charge is 0.167 e. The van der Waals surface area contributed by atoms with E-state index in [1.807, 2.05) is 23.7 Å². The molecule has 24 heavy (non-hydrogen) atoms. The van der Waals surface area contributed by atoms with Gasteiger partial charge >= 0.3 is 0 Å². The van der Waals surface area contributed by atoms with Crippen molar-refractivity contribution in [1.29, 1.82) is 0 Å². The molecule has 3 aromatic rings. The van der Waals surface area contributed by atoms with Gasteiger partial charge in [0.15, 0.2) is 5.78 Å². The van der Waals surface area contributed by atoms with Crippen LogP contribution in [-0.2, 0) is 23.0 Å². The van der Waals surface area contributed by atoms with Crippen LogP contribution in [0, 0.1) is 0 Å². The van der Waals surface area contributed by atoms with E-state index < -0.39 is 0 Å². The average molecular weight is 322 g/mol. The molecule has 0 N–H and O–H groups in total. The van der Waals surface area contributed by atoms with Crippen molar-refractivity contribution in [2.24, 2.45) is 7.05 Å². The van der Waals surface area contributed by atoms with E-state index >= 15 is 0 Å². The molecule has 0 aliphatic carbocycles. The molecule has 1 saturated heterocycles. The van der Waals surface area contributed by atoms with E-state index in [4.69, 9.17) is 4.74 Å². The maximum absolute atomic E-state index is 12.3. The van der Waals surface area contributed by atoms with Crippen LogP contribution in [0.25, 0.3) is 22.2 Å². The number of ketones is 1. The molecule has 0 unspecified atom stereocenters. The summed E-state index contributed by atoms with van der Waals surface area (Å²) in [5.74, 6) is 0.111. The van der Waals surface area contributed by atoms with Crippen LogP contribution in [0.4, 0.5) is 0 Å². The monoisotopic (exact) mass is 322 g/mol. The molecule has 3 aromatic heterocycles. The highest BCUT2D eigenvalue weighted by Crippen LogP contribution is 2.22. The normalized spacial score (nSPS) is 17.5. The number of hydrogen-bond donors (Lipinski definition) is 0. The van der Waals surface area contributed by atoms with E-state index in [9.17, 15) is 4.79 Å². The Kier molecular flexibility index (Phi) is 3.82. The molecule has 6 heteroatoms. The van der Waals surface area contributed by atoms with E-state index in [0.29, 0.717) is 13.0 Å². The van der Waals surface area contributed by atoms with Crippen molar-refractivity contribution in [3.8, 4) is 11.4 Å². The Morgan fingerprint density at radius 3 is 2.88 bits per heavy atom. The molecule has 0 amide bonds. The van der Waals surface area contributed by atoms with Gasteiger partial charge in [-0.1, -0.05) is 0 Å². The van der Waals surface area contributed by atoms with Gasteiger partial charge in [0, 0.05) is 37.1 Å².